The van der Waals surface area contributed by atoms with E-state index < -0.39 is 10.0 Å². The second-order valence-electron chi connectivity index (χ2n) is 6.15. The van der Waals surface area contributed by atoms with Gasteiger partial charge in [-0.15, -0.1) is 0 Å². The summed E-state index contributed by atoms with van der Waals surface area (Å²) in [6, 6.07) is 9.86. The Kier molecular flexibility index (Phi) is 8.27. The van der Waals surface area contributed by atoms with Crippen LogP contribution in [0.2, 0.25) is 5.02 Å². The monoisotopic (exact) mass is 440 g/mol. The van der Waals surface area contributed by atoms with Gasteiger partial charge in [0, 0.05) is 24.4 Å². The predicted molar refractivity (Wildman–Crippen MR) is 116 cm³/mol. The van der Waals surface area contributed by atoms with Crippen molar-refractivity contribution in [3.63, 3.8) is 0 Å². The maximum atomic E-state index is 12.4. The van der Waals surface area contributed by atoms with Gasteiger partial charge < -0.3 is 20.7 Å². The lowest BCUT2D eigenvalue weighted by molar-refractivity contribution is -0.114. The van der Waals surface area contributed by atoms with Gasteiger partial charge >= 0.3 is 0 Å². The van der Waals surface area contributed by atoms with Gasteiger partial charge in [-0.1, -0.05) is 17.7 Å². The van der Waals surface area contributed by atoms with Crippen molar-refractivity contribution in [2.45, 2.75) is 11.8 Å². The quantitative estimate of drug-likeness (QED) is 0.423. The number of ether oxygens (including phenoxy) is 1. The number of methoxy groups -OCH3 is 1. The van der Waals surface area contributed by atoms with E-state index in [1.807, 2.05) is 6.92 Å². The minimum Gasteiger partial charge on any atom is -0.383 e. The number of amides is 1. The van der Waals surface area contributed by atoms with Crippen LogP contribution >= 0.6 is 11.6 Å². The Balaban J connectivity index is 2.16. The number of rotatable bonds is 10. The van der Waals surface area contributed by atoms with Gasteiger partial charge in [0.05, 0.1) is 29.4 Å². The molecule has 0 aromatic heterocycles. The van der Waals surface area contributed by atoms with Gasteiger partial charge in [-0.05, 0) is 49.9 Å². The molecule has 4 N–H and O–H groups in total. The van der Waals surface area contributed by atoms with Crippen molar-refractivity contribution in [3.8, 4) is 0 Å². The number of carbonyl (C=O) groups excluding carboxylic acids is 1. The van der Waals surface area contributed by atoms with Crippen molar-refractivity contribution in [2.75, 3.05) is 49.8 Å². The molecule has 0 bridgehead atoms. The van der Waals surface area contributed by atoms with Gasteiger partial charge in [0.15, 0.2) is 0 Å². The van der Waals surface area contributed by atoms with Gasteiger partial charge in [0.25, 0.3) is 0 Å². The summed E-state index contributed by atoms with van der Waals surface area (Å²) in [4.78, 5) is 12.5. The smallest absolute Gasteiger partial charge is 0.243 e. The number of halogens is 1. The molecule has 2 rings (SSSR count). The summed E-state index contributed by atoms with van der Waals surface area (Å²) in [6.45, 7) is 2.75. The Morgan fingerprint density at radius 2 is 1.86 bits per heavy atom. The summed E-state index contributed by atoms with van der Waals surface area (Å²) >= 11 is 6.08. The lowest BCUT2D eigenvalue weighted by Gasteiger charge is -2.16. The van der Waals surface area contributed by atoms with E-state index in [1.165, 1.54) is 19.2 Å². The van der Waals surface area contributed by atoms with Crippen LogP contribution in [-0.2, 0) is 19.6 Å². The normalized spacial score (nSPS) is 11.2. The van der Waals surface area contributed by atoms with Gasteiger partial charge in [-0.2, -0.15) is 0 Å². The molecule has 0 aliphatic heterocycles. The summed E-state index contributed by atoms with van der Waals surface area (Å²) in [5.41, 5.74) is 2.53. The lowest BCUT2D eigenvalue weighted by Crippen LogP contribution is -2.23. The molecule has 29 heavy (non-hydrogen) atoms. The molecule has 0 unspecified atom stereocenters. The molecule has 0 atom stereocenters. The van der Waals surface area contributed by atoms with E-state index in [2.05, 4.69) is 20.7 Å². The van der Waals surface area contributed by atoms with Crippen molar-refractivity contribution in [3.05, 3.63) is 47.0 Å². The SMILES string of the molecule is CNS(=O)(=O)c1ccc(NCCOC)c(NCC(=O)Nc2cccc(Cl)c2C)c1. The summed E-state index contributed by atoms with van der Waals surface area (Å²) in [5, 5.41) is 9.49. The second-order valence-corrected chi connectivity index (χ2v) is 8.44. The molecule has 2 aromatic carbocycles. The molecule has 8 nitrogen and oxygen atoms in total. The molecule has 0 fully saturated rings. The zero-order chi connectivity index (χ0) is 21.4. The fourth-order valence-electron chi connectivity index (χ4n) is 2.51. The van der Waals surface area contributed by atoms with Crippen LogP contribution in [0, 0.1) is 6.92 Å². The Bertz CT molecular complexity index is 967. The number of hydrogen-bond donors (Lipinski definition) is 4. The number of hydrogen-bond acceptors (Lipinski definition) is 6. The third-order valence-corrected chi connectivity index (χ3v) is 5.99. The first kappa shape index (κ1) is 23.0. The van der Waals surface area contributed by atoms with Crippen LogP contribution in [0.1, 0.15) is 5.56 Å². The standard InChI is InChI=1S/C19H25ClN4O4S/c1-13-15(20)5-4-6-16(13)24-19(25)12-23-18-11-14(29(26,27)21-2)7-8-17(18)22-9-10-28-3/h4-8,11,21-23H,9-10,12H2,1-3H3,(H,24,25). The van der Waals surface area contributed by atoms with E-state index in [9.17, 15) is 13.2 Å². The molecule has 158 valence electrons. The average Bonchev–Trinajstić information content (AvgIpc) is 2.70. The second kappa shape index (κ2) is 10.4. The third kappa shape index (κ3) is 6.33. The number of carbonyl (C=O) groups is 1. The van der Waals surface area contributed by atoms with Crippen LogP contribution in [0.4, 0.5) is 17.1 Å². The molecular formula is C19H25ClN4O4S. The number of anilines is 3. The predicted octanol–water partition coefficient (Wildman–Crippen LogP) is 2.67. The summed E-state index contributed by atoms with van der Waals surface area (Å²) in [6.07, 6.45) is 0. The van der Waals surface area contributed by atoms with Crippen molar-refractivity contribution < 1.29 is 17.9 Å². The minimum atomic E-state index is -3.62. The Labute approximate surface area is 176 Å². The van der Waals surface area contributed by atoms with Crippen molar-refractivity contribution in [2.24, 2.45) is 0 Å². The largest absolute Gasteiger partial charge is 0.383 e. The highest BCUT2D eigenvalue weighted by Crippen LogP contribution is 2.26. The van der Waals surface area contributed by atoms with E-state index >= 15 is 0 Å². The number of nitrogens with one attached hydrogen (secondary N) is 4. The van der Waals surface area contributed by atoms with Crippen molar-refractivity contribution in [1.82, 2.24) is 4.72 Å². The van der Waals surface area contributed by atoms with E-state index in [1.54, 1.807) is 31.4 Å². The highest BCUT2D eigenvalue weighted by molar-refractivity contribution is 7.89. The molecule has 0 aliphatic rings. The summed E-state index contributed by atoms with van der Waals surface area (Å²) in [5.74, 6) is -0.292. The van der Waals surface area contributed by atoms with E-state index in [-0.39, 0.29) is 17.3 Å². The van der Waals surface area contributed by atoms with Gasteiger partial charge in [0.1, 0.15) is 0 Å². The van der Waals surface area contributed by atoms with Crippen LogP contribution in [-0.4, -0.2) is 48.2 Å². The Morgan fingerprint density at radius 1 is 1.10 bits per heavy atom. The molecular weight excluding hydrogens is 416 g/mol. The highest BCUT2D eigenvalue weighted by atomic mass is 35.5. The number of benzene rings is 2. The zero-order valence-electron chi connectivity index (χ0n) is 16.5. The first-order chi connectivity index (χ1) is 13.8. The Morgan fingerprint density at radius 3 is 2.55 bits per heavy atom. The summed E-state index contributed by atoms with van der Waals surface area (Å²) < 4.78 is 31.5. The van der Waals surface area contributed by atoms with Crippen LogP contribution in [0.5, 0.6) is 0 Å². The number of sulfonamides is 1. The molecule has 0 aliphatic carbocycles. The minimum absolute atomic E-state index is 0.0615. The molecule has 0 saturated carbocycles. The lowest BCUT2D eigenvalue weighted by atomic mass is 10.2. The average molecular weight is 441 g/mol. The molecule has 0 heterocycles. The molecule has 2 aromatic rings. The van der Waals surface area contributed by atoms with Gasteiger partial charge in [-0.25, -0.2) is 13.1 Å². The van der Waals surface area contributed by atoms with E-state index in [0.717, 1.165) is 5.56 Å². The van der Waals surface area contributed by atoms with Crippen molar-refractivity contribution >= 4 is 44.6 Å². The maximum absolute atomic E-state index is 12.4. The first-order valence-electron chi connectivity index (χ1n) is 8.87. The summed E-state index contributed by atoms with van der Waals surface area (Å²) in [7, 11) is -0.688. The highest BCUT2D eigenvalue weighted by Gasteiger charge is 2.15. The van der Waals surface area contributed by atoms with Crippen molar-refractivity contribution in [1.29, 1.82) is 0 Å². The fourth-order valence-corrected chi connectivity index (χ4v) is 3.44. The molecule has 0 saturated heterocycles. The topological polar surface area (TPSA) is 109 Å². The molecule has 0 radical (unpaired) electrons. The van der Waals surface area contributed by atoms with E-state index in [4.69, 9.17) is 16.3 Å². The fraction of sp³-hybridized carbons (Fsp3) is 0.316. The Hall–Kier alpha value is -2.33. The maximum Gasteiger partial charge on any atom is 0.243 e. The molecule has 0 spiro atoms. The van der Waals surface area contributed by atoms with Crippen LogP contribution in [0.15, 0.2) is 41.3 Å². The van der Waals surface area contributed by atoms with Crippen LogP contribution < -0.4 is 20.7 Å². The third-order valence-electron chi connectivity index (χ3n) is 4.17. The first-order valence-corrected chi connectivity index (χ1v) is 10.7. The van der Waals surface area contributed by atoms with Gasteiger partial charge in [0.2, 0.25) is 15.9 Å². The zero-order valence-corrected chi connectivity index (χ0v) is 18.1. The van der Waals surface area contributed by atoms with Crippen LogP contribution in [0.3, 0.4) is 0 Å². The van der Waals surface area contributed by atoms with Crippen LogP contribution in [0.25, 0.3) is 0 Å². The molecule has 10 heteroatoms. The molecule has 1 amide bonds. The van der Waals surface area contributed by atoms with E-state index in [0.29, 0.717) is 35.2 Å². The van der Waals surface area contributed by atoms with Gasteiger partial charge in [-0.3, -0.25) is 4.79 Å².